The van der Waals surface area contributed by atoms with Crippen molar-refractivity contribution < 1.29 is 24.2 Å². The number of β-amino-alcohol motifs (C(OH)–C–C–N with tert-alkyl or cyclic N) is 1. The summed E-state index contributed by atoms with van der Waals surface area (Å²) in [6.07, 6.45) is 9.61. The number of nitrogens with zero attached hydrogens (tertiary/aromatic N) is 4. The number of carboxylic acid groups (broad SMARTS) is 1. The number of aromatic nitrogens is 2. The van der Waals surface area contributed by atoms with Gasteiger partial charge in [0, 0.05) is 49.7 Å². The van der Waals surface area contributed by atoms with Crippen LogP contribution in [0, 0.1) is 0 Å². The molecule has 1 aliphatic carbocycles. The second kappa shape index (κ2) is 16.0. The number of aliphatic carboxylic acids is 1. The Kier molecular flexibility index (Phi) is 11.2. The average molecular weight is 759 g/mol. The fourth-order valence-electron chi connectivity index (χ4n) is 7.47. The predicted molar refractivity (Wildman–Crippen MR) is 206 cm³/mol. The van der Waals surface area contributed by atoms with Crippen molar-refractivity contribution in [3.8, 4) is 11.1 Å². The van der Waals surface area contributed by atoms with Gasteiger partial charge in [-0.05, 0) is 104 Å². The molecular weight excluding hydrogens is 716 g/mol. The van der Waals surface area contributed by atoms with Gasteiger partial charge in [-0.3, -0.25) is 29.4 Å². The van der Waals surface area contributed by atoms with E-state index in [0.29, 0.717) is 65.9 Å². The maximum Gasteiger partial charge on any atom is 0.320 e. The van der Waals surface area contributed by atoms with Crippen LogP contribution in [0.5, 0.6) is 0 Å². The fraction of sp³-hybridized carbons (Fsp3) is 0.366. The number of aliphatic hydroxyl groups excluding tert-OH is 1. The van der Waals surface area contributed by atoms with Crippen molar-refractivity contribution in [1.82, 2.24) is 19.8 Å². The molecule has 1 saturated heterocycles. The number of amides is 1. The van der Waals surface area contributed by atoms with Gasteiger partial charge in [0.05, 0.1) is 27.5 Å². The number of likely N-dealkylation sites (tertiary alicyclic amines) is 1. The summed E-state index contributed by atoms with van der Waals surface area (Å²) in [5.74, 6) is -1.42. The first-order chi connectivity index (χ1) is 25.5. The van der Waals surface area contributed by atoms with Crippen LogP contribution in [0.4, 0.5) is 10.1 Å². The van der Waals surface area contributed by atoms with Gasteiger partial charge in [-0.1, -0.05) is 60.0 Å². The number of anilines is 1. The lowest BCUT2D eigenvalue weighted by molar-refractivity contribution is -0.144. The van der Waals surface area contributed by atoms with Gasteiger partial charge in [0.2, 0.25) is 0 Å². The van der Waals surface area contributed by atoms with Crippen molar-refractivity contribution in [2.75, 3.05) is 25.0 Å². The Morgan fingerprint density at radius 1 is 0.981 bits per heavy atom. The number of rotatable bonds is 11. The molecule has 1 unspecified atom stereocenters. The van der Waals surface area contributed by atoms with E-state index in [1.54, 1.807) is 61.8 Å². The highest BCUT2D eigenvalue weighted by Crippen LogP contribution is 2.43. The first kappa shape index (κ1) is 37.1. The van der Waals surface area contributed by atoms with Crippen LogP contribution in [-0.4, -0.2) is 73.6 Å². The van der Waals surface area contributed by atoms with Crippen LogP contribution in [-0.2, 0) is 24.3 Å². The largest absolute Gasteiger partial charge is 0.480 e. The maximum absolute atomic E-state index is 15.7. The van der Waals surface area contributed by atoms with Crippen molar-refractivity contribution in [3.05, 3.63) is 110 Å². The average Bonchev–Trinajstić information content (AvgIpc) is 3.99. The molecule has 0 spiro atoms. The standard InChI is InChI=1S/C41H42Cl2FN5O4/c1-24(50)21-48-15-13-26-17-35(45-19-28(26)22-48)33(44)16-27-6-4-7-30(38(27)42)31-8-5-9-34(39(31)43)47-40(51)36-18-32(25-11-12-25)29(20-46-36)23-49-14-3-2-10-37(49)41(52)53/h4-9,16-20,24-25,37,50H,2-3,10-15,21-23H2,1H3,(H,47,51)(H,52,53)/b33-16-/t24?,37-/m0/s1. The molecule has 2 atom stereocenters. The summed E-state index contributed by atoms with van der Waals surface area (Å²) in [5.41, 5.74) is 6.48. The molecule has 12 heteroatoms. The molecule has 53 heavy (non-hydrogen) atoms. The molecule has 276 valence electrons. The summed E-state index contributed by atoms with van der Waals surface area (Å²) < 4.78 is 15.7. The monoisotopic (exact) mass is 757 g/mol. The van der Waals surface area contributed by atoms with Crippen LogP contribution in [0.2, 0.25) is 10.0 Å². The molecule has 0 radical (unpaired) electrons. The lowest BCUT2D eigenvalue weighted by Gasteiger charge is -2.33. The van der Waals surface area contributed by atoms with Gasteiger partial charge in [0.15, 0.2) is 0 Å². The number of fused-ring (bicyclic) bond motifs is 1. The molecule has 1 saturated carbocycles. The molecule has 2 aromatic carbocycles. The van der Waals surface area contributed by atoms with E-state index in [9.17, 15) is 19.8 Å². The van der Waals surface area contributed by atoms with E-state index in [4.69, 9.17) is 23.2 Å². The number of piperidine rings is 1. The summed E-state index contributed by atoms with van der Waals surface area (Å²) in [7, 11) is 0. The molecule has 7 rings (SSSR count). The van der Waals surface area contributed by atoms with Crippen LogP contribution in [0.25, 0.3) is 23.0 Å². The molecule has 2 aromatic heterocycles. The SMILES string of the molecule is CC(O)CN1CCc2cc(/C(F)=C/c3cccc(-c4cccc(NC(=O)c5cc(C6CC6)c(CN6CCCC[C@H]6C(=O)O)cn5)c4Cl)c3Cl)ncc2C1. The number of carboxylic acids is 1. The third-order valence-corrected chi connectivity index (χ3v) is 11.2. The number of benzene rings is 2. The van der Waals surface area contributed by atoms with Crippen molar-refractivity contribution in [2.45, 2.75) is 76.6 Å². The summed E-state index contributed by atoms with van der Waals surface area (Å²) >= 11 is 13.8. The molecule has 9 nitrogen and oxygen atoms in total. The van der Waals surface area contributed by atoms with Gasteiger partial charge in [0.25, 0.3) is 5.91 Å². The molecule has 4 aromatic rings. The maximum atomic E-state index is 15.7. The lowest BCUT2D eigenvalue weighted by atomic mass is 9.99. The molecule has 3 N–H and O–H groups in total. The second-order valence-corrected chi connectivity index (χ2v) is 15.1. The van der Waals surface area contributed by atoms with Crippen molar-refractivity contribution in [1.29, 1.82) is 0 Å². The normalized spacial score (nSPS) is 18.7. The Morgan fingerprint density at radius 2 is 1.74 bits per heavy atom. The minimum atomic E-state index is -0.803. The highest BCUT2D eigenvalue weighted by Gasteiger charge is 2.32. The van der Waals surface area contributed by atoms with Crippen LogP contribution in [0.3, 0.4) is 0 Å². The Bertz CT molecular complexity index is 2070. The van der Waals surface area contributed by atoms with Crippen molar-refractivity contribution >= 4 is 52.7 Å². The lowest BCUT2D eigenvalue weighted by Crippen LogP contribution is -2.44. The van der Waals surface area contributed by atoms with Gasteiger partial charge in [-0.25, -0.2) is 4.39 Å². The highest BCUT2D eigenvalue weighted by atomic mass is 35.5. The summed E-state index contributed by atoms with van der Waals surface area (Å²) in [4.78, 5) is 38.5. The molecular formula is C41H42Cl2FN5O4. The van der Waals surface area contributed by atoms with Crippen molar-refractivity contribution in [2.24, 2.45) is 0 Å². The van der Waals surface area contributed by atoms with Crippen LogP contribution in [0.1, 0.15) is 88.9 Å². The summed E-state index contributed by atoms with van der Waals surface area (Å²) in [6, 6.07) is 13.6. The Labute approximate surface area is 318 Å². The second-order valence-electron chi connectivity index (χ2n) is 14.4. The number of halogens is 3. The third-order valence-electron chi connectivity index (χ3n) is 10.3. The van der Waals surface area contributed by atoms with Gasteiger partial charge >= 0.3 is 5.97 Å². The minimum Gasteiger partial charge on any atom is -0.480 e. The van der Waals surface area contributed by atoms with E-state index in [2.05, 4.69) is 20.2 Å². The van der Waals surface area contributed by atoms with E-state index < -0.39 is 29.8 Å². The topological polar surface area (TPSA) is 119 Å². The highest BCUT2D eigenvalue weighted by molar-refractivity contribution is 6.39. The third kappa shape index (κ3) is 8.47. The number of carbonyl (C=O) groups excluding carboxylic acids is 1. The smallest absolute Gasteiger partial charge is 0.320 e. The summed E-state index contributed by atoms with van der Waals surface area (Å²) in [5, 5.41) is 23.0. The molecule has 2 fully saturated rings. The molecule has 3 aliphatic rings. The van der Waals surface area contributed by atoms with E-state index in [0.717, 1.165) is 60.9 Å². The number of hydrogen-bond acceptors (Lipinski definition) is 7. The Hall–Kier alpha value is -4.19. The first-order valence-electron chi connectivity index (χ1n) is 18.2. The van der Waals surface area contributed by atoms with E-state index in [1.807, 2.05) is 11.0 Å². The van der Waals surface area contributed by atoms with E-state index >= 15 is 4.39 Å². The van der Waals surface area contributed by atoms with Gasteiger partial charge in [0.1, 0.15) is 17.6 Å². The first-order valence-corrected chi connectivity index (χ1v) is 18.9. The molecule has 1 amide bonds. The van der Waals surface area contributed by atoms with E-state index in [1.165, 1.54) is 6.08 Å². The van der Waals surface area contributed by atoms with Gasteiger partial charge < -0.3 is 15.5 Å². The molecule has 0 bridgehead atoms. The van der Waals surface area contributed by atoms with E-state index in [-0.39, 0.29) is 16.4 Å². The zero-order valence-corrected chi connectivity index (χ0v) is 31.0. The Balaban J connectivity index is 1.09. The predicted octanol–water partition coefficient (Wildman–Crippen LogP) is 8.23. The van der Waals surface area contributed by atoms with Gasteiger partial charge in [-0.15, -0.1) is 0 Å². The zero-order valence-electron chi connectivity index (χ0n) is 29.5. The fourth-order valence-corrected chi connectivity index (χ4v) is 8.03. The number of hydrogen-bond donors (Lipinski definition) is 3. The molecule has 4 heterocycles. The van der Waals surface area contributed by atoms with Crippen LogP contribution < -0.4 is 5.32 Å². The van der Waals surface area contributed by atoms with Crippen molar-refractivity contribution in [3.63, 3.8) is 0 Å². The number of pyridine rings is 2. The number of carbonyl (C=O) groups is 2. The van der Waals surface area contributed by atoms with Gasteiger partial charge in [-0.2, -0.15) is 0 Å². The number of aliphatic hydroxyl groups is 1. The van der Waals surface area contributed by atoms with Crippen LogP contribution in [0.15, 0.2) is 60.9 Å². The number of nitrogens with one attached hydrogen (secondary N) is 1. The minimum absolute atomic E-state index is 0.222. The Morgan fingerprint density at radius 3 is 2.49 bits per heavy atom. The van der Waals surface area contributed by atoms with Crippen LogP contribution >= 0.6 is 23.2 Å². The molecule has 2 aliphatic heterocycles. The summed E-state index contributed by atoms with van der Waals surface area (Å²) in [6.45, 7) is 4.98. The zero-order chi connectivity index (χ0) is 37.2. The quantitative estimate of drug-likeness (QED) is 0.140.